The molecule has 0 bridgehead atoms. The highest BCUT2D eigenvalue weighted by molar-refractivity contribution is 6.34. The van der Waals surface area contributed by atoms with Gasteiger partial charge in [0.25, 0.3) is 5.69 Å². The summed E-state index contributed by atoms with van der Waals surface area (Å²) in [5, 5.41) is 10.6. The Balaban J connectivity index is 2.93. The van der Waals surface area contributed by atoms with Crippen molar-refractivity contribution in [3.63, 3.8) is 0 Å². The summed E-state index contributed by atoms with van der Waals surface area (Å²) in [7, 11) is 1.07. The molecule has 0 saturated heterocycles. The van der Waals surface area contributed by atoms with Gasteiger partial charge in [-0.2, -0.15) is 0 Å². The molecule has 0 aliphatic heterocycles. The first-order valence-electron chi connectivity index (χ1n) is 4.24. The van der Waals surface area contributed by atoms with Crippen molar-refractivity contribution in [2.75, 3.05) is 7.11 Å². The van der Waals surface area contributed by atoms with Crippen LogP contribution >= 0.6 is 0 Å². The number of carbonyl (C=O) groups is 2. The predicted octanol–water partition coefficient (Wildman–Crippen LogP) is 0.274. The first-order valence-corrected chi connectivity index (χ1v) is 4.24. The van der Waals surface area contributed by atoms with Gasteiger partial charge >= 0.3 is 5.97 Å². The summed E-state index contributed by atoms with van der Waals surface area (Å²) in [4.78, 5) is 35.5. The van der Waals surface area contributed by atoms with Gasteiger partial charge in [-0.25, -0.2) is 4.79 Å². The lowest BCUT2D eigenvalue weighted by atomic mass is 10.1. The predicted molar refractivity (Wildman–Crippen MR) is 51.6 cm³/mol. The van der Waals surface area contributed by atoms with Gasteiger partial charge in [0.1, 0.15) is 6.20 Å². The van der Waals surface area contributed by atoms with Gasteiger partial charge in [-0.3, -0.25) is 19.9 Å². The van der Waals surface area contributed by atoms with Gasteiger partial charge < -0.3 is 4.74 Å². The molecule has 1 heterocycles. The molecule has 0 spiro atoms. The molecule has 0 aliphatic carbocycles. The number of hydrogen-bond donors (Lipinski definition) is 0. The van der Waals surface area contributed by atoms with Gasteiger partial charge in [0.2, 0.25) is 5.78 Å². The number of pyridine rings is 1. The summed E-state index contributed by atoms with van der Waals surface area (Å²) in [6.07, 6.45) is 1.97. The number of nitro groups is 1. The third-order valence-electron chi connectivity index (χ3n) is 1.85. The molecule has 1 rings (SSSR count). The molecular weight excluding hydrogens is 216 g/mol. The molecule has 7 nitrogen and oxygen atoms in total. The van der Waals surface area contributed by atoms with Crippen molar-refractivity contribution in [1.82, 2.24) is 4.98 Å². The summed E-state index contributed by atoms with van der Waals surface area (Å²) in [6.45, 7) is 0. The number of hydrogen-bond acceptors (Lipinski definition) is 6. The van der Waals surface area contributed by atoms with E-state index in [4.69, 9.17) is 0 Å². The summed E-state index contributed by atoms with van der Waals surface area (Å²) in [5.74, 6) is -1.86. The van der Waals surface area contributed by atoms with Gasteiger partial charge in [-0.05, 0) is 6.07 Å². The van der Waals surface area contributed by atoms with Crippen LogP contribution in [0.3, 0.4) is 0 Å². The minimum absolute atomic E-state index is 0.135. The number of carbonyl (C=O) groups excluding carboxylic acids is 2. The van der Waals surface area contributed by atoms with Gasteiger partial charge in [-0.15, -0.1) is 0 Å². The van der Waals surface area contributed by atoms with E-state index in [9.17, 15) is 19.7 Å². The van der Waals surface area contributed by atoms with Gasteiger partial charge in [0.05, 0.1) is 12.0 Å². The number of rotatable bonds is 4. The lowest BCUT2D eigenvalue weighted by molar-refractivity contribution is -0.385. The summed E-state index contributed by atoms with van der Waals surface area (Å²) in [6, 6.07) is 1.32. The molecule has 0 fully saturated rings. The number of methoxy groups -OCH3 is 1. The van der Waals surface area contributed by atoms with Crippen molar-refractivity contribution in [1.29, 1.82) is 0 Å². The van der Waals surface area contributed by atoms with E-state index in [-0.39, 0.29) is 17.7 Å². The molecule has 7 heteroatoms. The Morgan fingerprint density at radius 2 is 2.25 bits per heavy atom. The van der Waals surface area contributed by atoms with Gasteiger partial charge in [0, 0.05) is 18.2 Å². The van der Waals surface area contributed by atoms with E-state index in [1.807, 2.05) is 0 Å². The monoisotopic (exact) mass is 224 g/mol. The average Bonchev–Trinajstić information content (AvgIpc) is 2.28. The number of ketones is 1. The van der Waals surface area contributed by atoms with Gasteiger partial charge in [-0.1, -0.05) is 0 Å². The van der Waals surface area contributed by atoms with Crippen LogP contribution in [0.5, 0.6) is 0 Å². The van der Waals surface area contributed by atoms with Gasteiger partial charge in [0.15, 0.2) is 0 Å². The standard InChI is InChI=1S/C9H8N2O5/c1-16-9(13)8(12)4-6-2-3-10-5-7(6)11(14)15/h2-3,5H,4H2,1H3. The Hall–Kier alpha value is -2.31. The molecule has 16 heavy (non-hydrogen) atoms. The molecule has 84 valence electrons. The second-order valence-electron chi connectivity index (χ2n) is 2.85. The van der Waals surface area contributed by atoms with Crippen LogP contribution in [-0.4, -0.2) is 28.8 Å². The highest BCUT2D eigenvalue weighted by Gasteiger charge is 2.20. The Labute approximate surface area is 90.2 Å². The van der Waals surface area contributed by atoms with E-state index in [0.29, 0.717) is 0 Å². The quantitative estimate of drug-likeness (QED) is 0.315. The summed E-state index contributed by atoms with van der Waals surface area (Å²) in [5.41, 5.74) is -0.157. The van der Waals surface area contributed by atoms with E-state index in [1.54, 1.807) is 0 Å². The molecule has 0 aromatic carbocycles. The van der Waals surface area contributed by atoms with E-state index < -0.39 is 16.7 Å². The third kappa shape index (κ3) is 2.59. The second kappa shape index (κ2) is 4.96. The fraction of sp³-hybridized carbons (Fsp3) is 0.222. The first kappa shape index (κ1) is 11.8. The number of esters is 1. The Bertz CT molecular complexity index is 443. The Morgan fingerprint density at radius 3 is 2.81 bits per heavy atom. The topological polar surface area (TPSA) is 99.4 Å². The number of nitrogens with zero attached hydrogens (tertiary/aromatic N) is 2. The van der Waals surface area contributed by atoms with E-state index in [2.05, 4.69) is 9.72 Å². The molecule has 0 aliphatic rings. The Morgan fingerprint density at radius 1 is 1.56 bits per heavy atom. The molecule has 0 amide bonds. The molecular formula is C9H8N2O5. The highest BCUT2D eigenvalue weighted by Crippen LogP contribution is 2.16. The van der Waals surface area contributed by atoms with E-state index in [1.165, 1.54) is 12.3 Å². The van der Waals surface area contributed by atoms with E-state index in [0.717, 1.165) is 13.3 Å². The van der Waals surface area contributed by atoms with Crippen LogP contribution in [0.2, 0.25) is 0 Å². The summed E-state index contributed by atoms with van der Waals surface area (Å²) < 4.78 is 4.21. The van der Waals surface area contributed by atoms with Crippen molar-refractivity contribution < 1.29 is 19.2 Å². The van der Waals surface area contributed by atoms with Crippen molar-refractivity contribution in [3.05, 3.63) is 34.1 Å². The van der Waals surface area contributed by atoms with Crippen LogP contribution in [0.15, 0.2) is 18.5 Å². The van der Waals surface area contributed by atoms with Crippen LogP contribution in [0, 0.1) is 10.1 Å². The molecule has 1 aromatic heterocycles. The minimum atomic E-state index is -1.02. The fourth-order valence-corrected chi connectivity index (χ4v) is 1.09. The Kier molecular flexibility index (Phi) is 3.65. The zero-order valence-electron chi connectivity index (χ0n) is 8.37. The van der Waals surface area contributed by atoms with Crippen molar-refractivity contribution in [2.45, 2.75) is 6.42 Å². The molecule has 1 aromatic rings. The maximum Gasteiger partial charge on any atom is 0.374 e. The number of Topliss-reactive ketones (excluding diaryl/α,β-unsaturated/α-hetero) is 1. The van der Waals surface area contributed by atoms with Crippen LogP contribution in [-0.2, 0) is 20.7 Å². The highest BCUT2D eigenvalue weighted by atomic mass is 16.6. The first-order chi connectivity index (χ1) is 7.56. The van der Waals surface area contributed by atoms with Crippen molar-refractivity contribution in [3.8, 4) is 0 Å². The lowest BCUT2D eigenvalue weighted by Crippen LogP contribution is -2.18. The second-order valence-corrected chi connectivity index (χ2v) is 2.85. The molecule has 0 unspecified atom stereocenters. The largest absolute Gasteiger partial charge is 0.463 e. The summed E-state index contributed by atoms with van der Waals surface area (Å²) >= 11 is 0. The fourth-order valence-electron chi connectivity index (χ4n) is 1.09. The number of ether oxygens (including phenoxy) is 1. The zero-order valence-corrected chi connectivity index (χ0v) is 8.37. The zero-order chi connectivity index (χ0) is 12.1. The molecule has 0 N–H and O–H groups in total. The normalized spacial score (nSPS) is 9.56. The average molecular weight is 224 g/mol. The van der Waals surface area contributed by atoms with E-state index >= 15 is 0 Å². The smallest absolute Gasteiger partial charge is 0.374 e. The van der Waals surface area contributed by atoms with Crippen LogP contribution < -0.4 is 0 Å². The van der Waals surface area contributed by atoms with Crippen LogP contribution in [0.1, 0.15) is 5.56 Å². The third-order valence-corrected chi connectivity index (χ3v) is 1.85. The molecule has 0 saturated carbocycles. The van der Waals surface area contributed by atoms with Crippen LogP contribution in [0.25, 0.3) is 0 Å². The number of aromatic nitrogens is 1. The maximum absolute atomic E-state index is 11.2. The SMILES string of the molecule is COC(=O)C(=O)Cc1ccncc1[N+](=O)[O-]. The van der Waals surface area contributed by atoms with Crippen LogP contribution in [0.4, 0.5) is 5.69 Å². The molecule has 0 radical (unpaired) electrons. The maximum atomic E-state index is 11.2. The molecule has 0 atom stereocenters. The van der Waals surface area contributed by atoms with Crippen molar-refractivity contribution >= 4 is 17.4 Å². The minimum Gasteiger partial charge on any atom is -0.463 e. The lowest BCUT2D eigenvalue weighted by Gasteiger charge is -2.00. The van der Waals surface area contributed by atoms with Crippen molar-refractivity contribution in [2.24, 2.45) is 0 Å².